The van der Waals surface area contributed by atoms with Crippen LogP contribution in [0.4, 0.5) is 9.80 Å². The van der Waals surface area contributed by atoms with Crippen molar-refractivity contribution in [1.82, 2.24) is 0 Å². The topological polar surface area (TPSA) is 38.3 Å². The van der Waals surface area contributed by atoms with Crippen LogP contribution in [0.1, 0.15) is 20.8 Å². The number of hydrogen-bond donors (Lipinski definition) is 1. The molecule has 0 bridgehead atoms. The molecule has 0 aromatic carbocycles. The van der Waals surface area contributed by atoms with Gasteiger partial charge < -0.3 is 4.74 Å². The standard InChI is InChI=1S/C9H12INO2S/c1-9(2,3)13-8(12)11-7-5-4-6(10)14-7/h4-5H,1-3H3,(H,11,12). The molecule has 1 N–H and O–H groups in total. The molecule has 0 unspecified atom stereocenters. The van der Waals surface area contributed by atoms with Crippen molar-refractivity contribution in [2.24, 2.45) is 0 Å². The minimum absolute atomic E-state index is 0.407. The molecule has 0 aliphatic heterocycles. The number of nitrogens with one attached hydrogen (secondary N) is 1. The van der Waals surface area contributed by atoms with Crippen molar-refractivity contribution >= 4 is 45.0 Å². The van der Waals surface area contributed by atoms with Crippen LogP contribution >= 0.6 is 33.9 Å². The lowest BCUT2D eigenvalue weighted by molar-refractivity contribution is 0.0636. The molecule has 5 heteroatoms. The normalized spacial score (nSPS) is 11.1. The van der Waals surface area contributed by atoms with E-state index < -0.39 is 11.7 Å². The largest absolute Gasteiger partial charge is 0.444 e. The zero-order chi connectivity index (χ0) is 10.8. The molecule has 78 valence electrons. The number of thiophene rings is 1. The zero-order valence-electron chi connectivity index (χ0n) is 8.26. The highest BCUT2D eigenvalue weighted by molar-refractivity contribution is 14.1. The van der Waals surface area contributed by atoms with E-state index >= 15 is 0 Å². The van der Waals surface area contributed by atoms with E-state index in [1.807, 2.05) is 32.9 Å². The highest BCUT2D eigenvalue weighted by atomic mass is 127. The van der Waals surface area contributed by atoms with Gasteiger partial charge in [0.1, 0.15) is 5.60 Å². The first kappa shape index (κ1) is 11.8. The number of carbonyl (C=O) groups is 1. The van der Waals surface area contributed by atoms with Gasteiger partial charge in [-0.1, -0.05) is 0 Å². The predicted octanol–water partition coefficient (Wildman–Crippen LogP) is 3.70. The summed E-state index contributed by atoms with van der Waals surface area (Å²) in [6, 6.07) is 3.80. The molecular formula is C9H12INO2S. The minimum Gasteiger partial charge on any atom is -0.444 e. The number of amides is 1. The summed E-state index contributed by atoms with van der Waals surface area (Å²) >= 11 is 3.72. The van der Waals surface area contributed by atoms with Gasteiger partial charge in [-0.15, -0.1) is 11.3 Å². The summed E-state index contributed by atoms with van der Waals surface area (Å²) in [6.07, 6.45) is -0.407. The van der Waals surface area contributed by atoms with E-state index in [0.717, 1.165) is 7.88 Å². The van der Waals surface area contributed by atoms with Gasteiger partial charge in [-0.05, 0) is 55.5 Å². The maximum Gasteiger partial charge on any atom is 0.412 e. The van der Waals surface area contributed by atoms with Crippen LogP contribution in [-0.4, -0.2) is 11.7 Å². The van der Waals surface area contributed by atoms with Crippen LogP contribution < -0.4 is 5.32 Å². The third-order valence-electron chi connectivity index (χ3n) is 1.20. The SMILES string of the molecule is CC(C)(C)OC(=O)Nc1ccc(I)s1. The Morgan fingerprint density at radius 3 is 2.57 bits per heavy atom. The summed E-state index contributed by atoms with van der Waals surface area (Å²) in [7, 11) is 0. The smallest absolute Gasteiger partial charge is 0.412 e. The Hall–Kier alpha value is -0.300. The van der Waals surface area contributed by atoms with Crippen molar-refractivity contribution in [1.29, 1.82) is 0 Å². The molecule has 1 rings (SSSR count). The van der Waals surface area contributed by atoms with Crippen molar-refractivity contribution in [3.63, 3.8) is 0 Å². The Morgan fingerprint density at radius 1 is 1.50 bits per heavy atom. The maximum absolute atomic E-state index is 11.3. The van der Waals surface area contributed by atoms with Crippen molar-refractivity contribution in [2.75, 3.05) is 5.32 Å². The van der Waals surface area contributed by atoms with Crippen LogP contribution in [0.2, 0.25) is 0 Å². The number of anilines is 1. The highest BCUT2D eigenvalue weighted by Crippen LogP contribution is 2.23. The summed E-state index contributed by atoms with van der Waals surface area (Å²) in [5, 5.41) is 3.48. The molecule has 0 saturated carbocycles. The van der Waals surface area contributed by atoms with Gasteiger partial charge in [-0.25, -0.2) is 4.79 Å². The Morgan fingerprint density at radius 2 is 2.14 bits per heavy atom. The summed E-state index contributed by atoms with van der Waals surface area (Å²) in [6.45, 7) is 5.51. The Bertz CT molecular complexity index is 330. The maximum atomic E-state index is 11.3. The predicted molar refractivity (Wildman–Crippen MR) is 66.9 cm³/mol. The van der Waals surface area contributed by atoms with Gasteiger partial charge in [-0.3, -0.25) is 5.32 Å². The molecule has 1 heterocycles. The Labute approximate surface area is 101 Å². The summed E-state index contributed by atoms with van der Waals surface area (Å²) in [5.41, 5.74) is -0.450. The monoisotopic (exact) mass is 325 g/mol. The van der Waals surface area contributed by atoms with Crippen molar-refractivity contribution < 1.29 is 9.53 Å². The summed E-state index contributed by atoms with van der Waals surface area (Å²) < 4.78 is 6.24. The van der Waals surface area contributed by atoms with E-state index in [-0.39, 0.29) is 0 Å². The number of rotatable bonds is 1. The van der Waals surface area contributed by atoms with Crippen LogP contribution in [-0.2, 0) is 4.74 Å². The average Bonchev–Trinajstić information content (AvgIpc) is 2.30. The quantitative estimate of drug-likeness (QED) is 0.800. The van der Waals surface area contributed by atoms with Crippen LogP contribution in [0.5, 0.6) is 0 Å². The first-order valence-corrected chi connectivity index (χ1v) is 6.02. The molecule has 0 fully saturated rings. The Kier molecular flexibility index (Phi) is 3.77. The second-order valence-corrected chi connectivity index (χ2v) is 6.71. The molecule has 0 saturated heterocycles. The molecule has 0 atom stereocenters. The number of ether oxygens (including phenoxy) is 1. The average molecular weight is 325 g/mol. The lowest BCUT2D eigenvalue weighted by atomic mass is 10.2. The van der Waals surface area contributed by atoms with E-state index in [2.05, 4.69) is 27.9 Å². The van der Waals surface area contributed by atoms with Crippen molar-refractivity contribution in [2.45, 2.75) is 26.4 Å². The van der Waals surface area contributed by atoms with Crippen LogP contribution in [0.25, 0.3) is 0 Å². The van der Waals surface area contributed by atoms with E-state index in [0.29, 0.717) is 0 Å². The van der Waals surface area contributed by atoms with E-state index in [1.165, 1.54) is 11.3 Å². The third-order valence-corrected chi connectivity index (χ3v) is 3.01. The molecule has 3 nitrogen and oxygen atoms in total. The second kappa shape index (κ2) is 4.48. The van der Waals surface area contributed by atoms with Crippen LogP contribution in [0.3, 0.4) is 0 Å². The molecule has 0 aliphatic carbocycles. The molecule has 0 aliphatic rings. The zero-order valence-corrected chi connectivity index (χ0v) is 11.2. The van der Waals surface area contributed by atoms with Gasteiger partial charge >= 0.3 is 6.09 Å². The second-order valence-electron chi connectivity index (χ2n) is 3.73. The fraction of sp³-hybridized carbons (Fsp3) is 0.444. The van der Waals surface area contributed by atoms with Crippen LogP contribution in [0, 0.1) is 2.88 Å². The first-order valence-electron chi connectivity index (χ1n) is 4.12. The summed E-state index contributed by atoms with van der Waals surface area (Å²) in [4.78, 5) is 11.3. The van der Waals surface area contributed by atoms with Gasteiger partial charge in [0, 0.05) is 0 Å². The summed E-state index contributed by atoms with van der Waals surface area (Å²) in [5.74, 6) is 0. The lowest BCUT2D eigenvalue weighted by Crippen LogP contribution is -2.26. The van der Waals surface area contributed by atoms with Gasteiger partial charge in [0.25, 0.3) is 0 Å². The van der Waals surface area contributed by atoms with Crippen molar-refractivity contribution in [3.05, 3.63) is 15.0 Å². The molecular weight excluding hydrogens is 313 g/mol. The molecule has 1 aromatic rings. The number of halogens is 1. The highest BCUT2D eigenvalue weighted by Gasteiger charge is 2.16. The van der Waals surface area contributed by atoms with Gasteiger partial charge in [-0.2, -0.15) is 0 Å². The van der Waals surface area contributed by atoms with Gasteiger partial charge in [0.2, 0.25) is 0 Å². The molecule has 0 radical (unpaired) electrons. The minimum atomic E-state index is -0.450. The van der Waals surface area contributed by atoms with E-state index in [1.54, 1.807) is 0 Å². The fourth-order valence-corrected chi connectivity index (χ4v) is 2.29. The molecule has 0 spiro atoms. The fourth-order valence-electron chi connectivity index (χ4n) is 0.786. The van der Waals surface area contributed by atoms with Crippen LogP contribution in [0.15, 0.2) is 12.1 Å². The molecule has 1 amide bonds. The van der Waals surface area contributed by atoms with Crippen molar-refractivity contribution in [3.8, 4) is 0 Å². The Balaban J connectivity index is 2.50. The first-order chi connectivity index (χ1) is 6.37. The third kappa shape index (κ3) is 4.28. The number of carbonyl (C=O) groups excluding carboxylic acids is 1. The van der Waals surface area contributed by atoms with Gasteiger partial charge in [0.15, 0.2) is 0 Å². The van der Waals surface area contributed by atoms with E-state index in [9.17, 15) is 4.79 Å². The van der Waals surface area contributed by atoms with Gasteiger partial charge in [0.05, 0.1) is 7.88 Å². The number of hydrogen-bond acceptors (Lipinski definition) is 3. The molecule has 1 aromatic heterocycles. The lowest BCUT2D eigenvalue weighted by Gasteiger charge is -2.19. The molecule has 14 heavy (non-hydrogen) atoms. The van der Waals surface area contributed by atoms with E-state index in [4.69, 9.17) is 4.74 Å².